The van der Waals surface area contributed by atoms with Crippen molar-refractivity contribution in [3.8, 4) is 5.75 Å². The van der Waals surface area contributed by atoms with E-state index >= 15 is 0 Å². The Morgan fingerprint density at radius 1 is 0.919 bits per heavy atom. The summed E-state index contributed by atoms with van der Waals surface area (Å²) < 4.78 is 21.8. The van der Waals surface area contributed by atoms with Crippen LogP contribution in [0.3, 0.4) is 0 Å². The molecule has 192 valence electrons. The number of aromatic nitrogens is 1. The summed E-state index contributed by atoms with van der Waals surface area (Å²) in [5.41, 5.74) is 2.73. The molecular formula is C30H32FN3O3. The van der Waals surface area contributed by atoms with Crippen molar-refractivity contribution in [2.75, 3.05) is 17.2 Å². The number of nitrogens with zero attached hydrogens (tertiary/aromatic N) is 1. The molecule has 0 aliphatic carbocycles. The predicted molar refractivity (Wildman–Crippen MR) is 146 cm³/mol. The SMILES string of the molecule is CCOc1ccc(NC(=O)c2cc3cc(NC(=O)CC(C)(C)C)ccc3n2Cc2ccccc2F)cc1. The number of nitrogens with one attached hydrogen (secondary N) is 2. The highest BCUT2D eigenvalue weighted by molar-refractivity contribution is 6.07. The van der Waals surface area contributed by atoms with Crippen LogP contribution in [-0.4, -0.2) is 23.0 Å². The number of fused-ring (bicyclic) bond motifs is 1. The van der Waals surface area contributed by atoms with Crippen LogP contribution in [0.15, 0.2) is 72.8 Å². The molecule has 1 heterocycles. The number of benzene rings is 3. The number of halogens is 1. The van der Waals surface area contributed by atoms with Crippen LogP contribution >= 0.6 is 0 Å². The predicted octanol–water partition coefficient (Wildman–Crippen LogP) is 6.85. The largest absolute Gasteiger partial charge is 0.494 e. The van der Waals surface area contributed by atoms with Crippen LogP contribution < -0.4 is 15.4 Å². The van der Waals surface area contributed by atoms with Gasteiger partial charge in [-0.15, -0.1) is 0 Å². The van der Waals surface area contributed by atoms with Gasteiger partial charge in [0, 0.05) is 34.3 Å². The van der Waals surface area contributed by atoms with Crippen LogP contribution in [0.2, 0.25) is 0 Å². The van der Waals surface area contributed by atoms with Crippen molar-refractivity contribution < 1.29 is 18.7 Å². The Bertz CT molecular complexity index is 1420. The first-order chi connectivity index (χ1) is 17.6. The van der Waals surface area contributed by atoms with Gasteiger partial charge in [-0.2, -0.15) is 0 Å². The van der Waals surface area contributed by atoms with Crippen LogP contribution in [0.4, 0.5) is 15.8 Å². The second-order valence-electron chi connectivity index (χ2n) is 10.2. The second-order valence-corrected chi connectivity index (χ2v) is 10.2. The van der Waals surface area contributed by atoms with E-state index in [0.717, 1.165) is 16.7 Å². The van der Waals surface area contributed by atoms with Crippen LogP contribution in [0.25, 0.3) is 10.9 Å². The van der Waals surface area contributed by atoms with E-state index in [9.17, 15) is 14.0 Å². The third kappa shape index (κ3) is 6.55. The molecule has 6 nitrogen and oxygen atoms in total. The van der Waals surface area contributed by atoms with Gasteiger partial charge in [0.25, 0.3) is 5.91 Å². The second kappa shape index (κ2) is 10.9. The third-order valence-electron chi connectivity index (χ3n) is 5.82. The Morgan fingerprint density at radius 3 is 2.30 bits per heavy atom. The normalized spacial score (nSPS) is 11.4. The number of carbonyl (C=O) groups is 2. The number of ether oxygens (including phenoxy) is 1. The Morgan fingerprint density at radius 2 is 1.62 bits per heavy atom. The van der Waals surface area contributed by atoms with Crippen molar-refractivity contribution in [1.82, 2.24) is 4.57 Å². The first-order valence-corrected chi connectivity index (χ1v) is 12.3. The molecule has 0 atom stereocenters. The van der Waals surface area contributed by atoms with Crippen molar-refractivity contribution in [1.29, 1.82) is 0 Å². The molecule has 0 aliphatic rings. The molecule has 0 unspecified atom stereocenters. The molecule has 4 rings (SSSR count). The van der Waals surface area contributed by atoms with Gasteiger partial charge < -0.3 is 19.9 Å². The van der Waals surface area contributed by atoms with Crippen molar-refractivity contribution in [3.63, 3.8) is 0 Å². The van der Waals surface area contributed by atoms with Gasteiger partial charge in [0.1, 0.15) is 17.3 Å². The lowest BCUT2D eigenvalue weighted by Crippen LogP contribution is -2.19. The first-order valence-electron chi connectivity index (χ1n) is 12.3. The van der Waals surface area contributed by atoms with Gasteiger partial charge in [-0.25, -0.2) is 4.39 Å². The standard InChI is InChI=1S/C30H32FN3O3/c1-5-37-24-13-10-22(11-14-24)33-29(36)27-17-21-16-23(32-28(35)18-30(2,3)4)12-15-26(21)34(27)19-20-8-6-7-9-25(20)31/h6-17H,5,18-19H2,1-4H3,(H,32,35)(H,33,36). The Hall–Kier alpha value is -4.13. The molecule has 2 N–H and O–H groups in total. The highest BCUT2D eigenvalue weighted by Gasteiger charge is 2.19. The fourth-order valence-electron chi connectivity index (χ4n) is 4.19. The molecule has 7 heteroatoms. The minimum absolute atomic E-state index is 0.0777. The number of anilines is 2. The summed E-state index contributed by atoms with van der Waals surface area (Å²) in [5.74, 6) is -0.0235. The van der Waals surface area contributed by atoms with E-state index in [-0.39, 0.29) is 29.6 Å². The highest BCUT2D eigenvalue weighted by atomic mass is 19.1. The number of carbonyl (C=O) groups excluding carboxylic acids is 2. The zero-order valence-corrected chi connectivity index (χ0v) is 21.6. The van der Waals surface area contributed by atoms with Crippen molar-refractivity contribution in [2.45, 2.75) is 40.7 Å². The molecule has 0 aliphatic heterocycles. The zero-order valence-electron chi connectivity index (χ0n) is 21.6. The molecule has 2 amide bonds. The average molecular weight is 502 g/mol. The summed E-state index contributed by atoms with van der Waals surface area (Å²) >= 11 is 0. The first kappa shape index (κ1) is 25.9. The summed E-state index contributed by atoms with van der Waals surface area (Å²) in [7, 11) is 0. The average Bonchev–Trinajstić information content (AvgIpc) is 3.18. The number of hydrogen-bond acceptors (Lipinski definition) is 3. The van der Waals surface area contributed by atoms with E-state index in [2.05, 4.69) is 10.6 Å². The number of rotatable bonds is 8. The van der Waals surface area contributed by atoms with Crippen molar-refractivity contribution in [3.05, 3.63) is 89.9 Å². The monoisotopic (exact) mass is 501 g/mol. The van der Waals surface area contributed by atoms with E-state index in [4.69, 9.17) is 4.74 Å². The number of amides is 2. The minimum atomic E-state index is -0.340. The maximum atomic E-state index is 14.5. The van der Waals surface area contributed by atoms with Gasteiger partial charge in [0.15, 0.2) is 0 Å². The van der Waals surface area contributed by atoms with Crippen molar-refractivity contribution in [2.24, 2.45) is 5.41 Å². The fourth-order valence-corrected chi connectivity index (χ4v) is 4.19. The smallest absolute Gasteiger partial charge is 0.272 e. The van der Waals surface area contributed by atoms with Crippen LogP contribution in [-0.2, 0) is 11.3 Å². The summed E-state index contributed by atoms with van der Waals surface area (Å²) in [6.07, 6.45) is 0.384. The topological polar surface area (TPSA) is 72.4 Å². The van der Waals surface area contributed by atoms with Gasteiger partial charge in [-0.05, 0) is 66.9 Å². The van der Waals surface area contributed by atoms with E-state index in [1.54, 1.807) is 59.2 Å². The molecular weight excluding hydrogens is 469 g/mol. The maximum Gasteiger partial charge on any atom is 0.272 e. The van der Waals surface area contributed by atoms with Crippen LogP contribution in [0, 0.1) is 11.2 Å². The molecule has 0 saturated carbocycles. The van der Waals surface area contributed by atoms with E-state index in [0.29, 0.717) is 35.7 Å². The number of hydrogen-bond donors (Lipinski definition) is 2. The molecule has 0 bridgehead atoms. The molecule has 0 spiro atoms. The minimum Gasteiger partial charge on any atom is -0.494 e. The lowest BCUT2D eigenvalue weighted by Gasteiger charge is -2.17. The van der Waals surface area contributed by atoms with Gasteiger partial charge in [0.2, 0.25) is 5.91 Å². The highest BCUT2D eigenvalue weighted by Crippen LogP contribution is 2.27. The Kier molecular flexibility index (Phi) is 7.62. The Balaban J connectivity index is 1.67. The third-order valence-corrected chi connectivity index (χ3v) is 5.82. The van der Waals surface area contributed by atoms with E-state index in [1.165, 1.54) is 6.07 Å². The molecule has 37 heavy (non-hydrogen) atoms. The summed E-state index contributed by atoms with van der Waals surface area (Å²) in [5, 5.41) is 6.63. The van der Waals surface area contributed by atoms with E-state index in [1.807, 2.05) is 39.8 Å². The van der Waals surface area contributed by atoms with Crippen molar-refractivity contribution >= 4 is 34.1 Å². The maximum absolute atomic E-state index is 14.5. The fraction of sp³-hybridized carbons (Fsp3) is 0.267. The van der Waals surface area contributed by atoms with Crippen LogP contribution in [0.5, 0.6) is 5.75 Å². The van der Waals surface area contributed by atoms with Gasteiger partial charge >= 0.3 is 0 Å². The van der Waals surface area contributed by atoms with E-state index < -0.39 is 0 Å². The van der Waals surface area contributed by atoms with Gasteiger partial charge in [-0.3, -0.25) is 9.59 Å². The Labute approximate surface area is 216 Å². The zero-order chi connectivity index (χ0) is 26.6. The van der Waals surface area contributed by atoms with Crippen LogP contribution in [0.1, 0.15) is 50.2 Å². The molecule has 4 aromatic rings. The van der Waals surface area contributed by atoms with Gasteiger partial charge in [0.05, 0.1) is 13.2 Å². The quantitative estimate of drug-likeness (QED) is 0.277. The summed E-state index contributed by atoms with van der Waals surface area (Å²) in [6.45, 7) is 8.67. The van der Waals surface area contributed by atoms with Gasteiger partial charge in [-0.1, -0.05) is 39.0 Å². The molecule has 0 saturated heterocycles. The molecule has 3 aromatic carbocycles. The molecule has 1 aromatic heterocycles. The summed E-state index contributed by atoms with van der Waals surface area (Å²) in [4.78, 5) is 25.8. The lowest BCUT2D eigenvalue weighted by atomic mass is 9.92. The lowest BCUT2D eigenvalue weighted by molar-refractivity contribution is -0.117. The summed E-state index contributed by atoms with van der Waals surface area (Å²) in [6, 6.07) is 20.9. The molecule has 0 radical (unpaired) electrons. The molecule has 0 fully saturated rings.